The van der Waals surface area contributed by atoms with Crippen molar-refractivity contribution in [3.63, 3.8) is 0 Å². The number of Topliss-reactive ketones (excluding diaryl/α,β-unsaturated/α-hetero) is 1. The Morgan fingerprint density at radius 1 is 1.33 bits per heavy atom. The number of thioether (sulfide) groups is 1. The highest BCUT2D eigenvalue weighted by molar-refractivity contribution is 7.98. The Morgan fingerprint density at radius 2 is 2.00 bits per heavy atom. The molecule has 1 fully saturated rings. The number of likely N-dealkylation sites (tertiary alicyclic amines) is 1. The van der Waals surface area contributed by atoms with Gasteiger partial charge in [-0.1, -0.05) is 12.1 Å². The number of nitrogens with zero attached hydrogens (tertiary/aromatic N) is 1. The summed E-state index contributed by atoms with van der Waals surface area (Å²) in [7, 11) is 1.66. The molecule has 0 bridgehead atoms. The Balaban J connectivity index is 1.96. The van der Waals surface area contributed by atoms with Crippen LogP contribution in [-0.4, -0.2) is 49.5 Å². The molecule has 5 heteroatoms. The predicted octanol–water partition coefficient (Wildman–Crippen LogP) is 2.05. The molecule has 4 nitrogen and oxygen atoms in total. The third-order valence-corrected chi connectivity index (χ3v) is 4.85. The lowest BCUT2D eigenvalue weighted by Crippen LogP contribution is -2.40. The maximum Gasteiger partial charge on any atom is 0.227 e. The van der Waals surface area contributed by atoms with Gasteiger partial charge in [-0.15, -0.1) is 11.8 Å². The van der Waals surface area contributed by atoms with Gasteiger partial charge in [0.05, 0.1) is 12.0 Å². The minimum atomic E-state index is -0.377. The van der Waals surface area contributed by atoms with E-state index in [4.69, 9.17) is 0 Å². The van der Waals surface area contributed by atoms with E-state index >= 15 is 0 Å². The minimum Gasteiger partial charge on any atom is -0.359 e. The molecule has 1 saturated heterocycles. The van der Waals surface area contributed by atoms with E-state index in [9.17, 15) is 9.59 Å². The van der Waals surface area contributed by atoms with Crippen molar-refractivity contribution in [3.05, 3.63) is 29.8 Å². The van der Waals surface area contributed by atoms with Crippen molar-refractivity contribution in [2.45, 2.75) is 18.2 Å². The summed E-state index contributed by atoms with van der Waals surface area (Å²) in [4.78, 5) is 27.4. The molecule has 1 aliphatic rings. The number of rotatable bonds is 5. The maximum atomic E-state index is 12.3. The number of hydrogen-bond donors (Lipinski definition) is 1. The monoisotopic (exact) mass is 306 g/mol. The Hall–Kier alpha value is -1.33. The minimum absolute atomic E-state index is 0.0572. The number of amides is 1. The summed E-state index contributed by atoms with van der Waals surface area (Å²) in [5.41, 5.74) is 0.360. The SMILES string of the molecule is CNC(=O)C1(C)CCN(CC(=O)c2ccc(SC)cc2)C1. The molecular formula is C16H22N2O2S. The van der Waals surface area contributed by atoms with Crippen LogP contribution >= 0.6 is 11.8 Å². The molecule has 1 aliphatic heterocycles. The number of nitrogens with one attached hydrogen (secondary N) is 1. The van der Waals surface area contributed by atoms with E-state index in [-0.39, 0.29) is 17.1 Å². The fourth-order valence-electron chi connectivity index (χ4n) is 2.75. The normalized spacial score (nSPS) is 22.2. The van der Waals surface area contributed by atoms with Gasteiger partial charge in [0.1, 0.15) is 0 Å². The molecule has 0 radical (unpaired) electrons. The molecule has 1 unspecified atom stereocenters. The molecule has 1 amide bonds. The third-order valence-electron chi connectivity index (χ3n) is 4.11. The number of ketones is 1. The quantitative estimate of drug-likeness (QED) is 0.668. The lowest BCUT2D eigenvalue weighted by Gasteiger charge is -2.22. The highest BCUT2D eigenvalue weighted by Gasteiger charge is 2.40. The highest BCUT2D eigenvalue weighted by atomic mass is 32.2. The van der Waals surface area contributed by atoms with Crippen molar-refractivity contribution < 1.29 is 9.59 Å². The van der Waals surface area contributed by atoms with Gasteiger partial charge in [-0.2, -0.15) is 0 Å². The summed E-state index contributed by atoms with van der Waals surface area (Å²) < 4.78 is 0. The first-order valence-electron chi connectivity index (χ1n) is 7.10. The largest absolute Gasteiger partial charge is 0.359 e. The first kappa shape index (κ1) is 16.0. The maximum absolute atomic E-state index is 12.3. The van der Waals surface area contributed by atoms with E-state index in [2.05, 4.69) is 10.2 Å². The van der Waals surface area contributed by atoms with Gasteiger partial charge < -0.3 is 5.32 Å². The van der Waals surface area contributed by atoms with Crippen molar-refractivity contribution in [1.29, 1.82) is 0 Å². The fourth-order valence-corrected chi connectivity index (χ4v) is 3.16. The first-order valence-corrected chi connectivity index (χ1v) is 8.33. The van der Waals surface area contributed by atoms with Crippen molar-refractivity contribution in [3.8, 4) is 0 Å². The van der Waals surface area contributed by atoms with Crippen molar-refractivity contribution in [1.82, 2.24) is 10.2 Å². The van der Waals surface area contributed by atoms with E-state index in [1.165, 1.54) is 0 Å². The second-order valence-electron chi connectivity index (χ2n) is 5.75. The standard InChI is InChI=1S/C16H22N2O2S/c1-16(15(20)17-2)8-9-18(11-16)10-14(19)12-4-6-13(21-3)7-5-12/h4-7H,8-11H2,1-3H3,(H,17,20). The summed E-state index contributed by atoms with van der Waals surface area (Å²) in [6.45, 7) is 3.77. The third kappa shape index (κ3) is 3.66. The van der Waals surface area contributed by atoms with Crippen molar-refractivity contribution >= 4 is 23.5 Å². The molecule has 1 aromatic carbocycles. The summed E-state index contributed by atoms with van der Waals surface area (Å²) >= 11 is 1.66. The van der Waals surface area contributed by atoms with E-state index < -0.39 is 0 Å². The molecule has 1 heterocycles. The predicted molar refractivity (Wildman–Crippen MR) is 85.8 cm³/mol. The molecule has 1 atom stereocenters. The summed E-state index contributed by atoms with van der Waals surface area (Å²) in [6, 6.07) is 7.69. The number of benzene rings is 1. The van der Waals surface area contributed by atoms with Gasteiger partial charge >= 0.3 is 0 Å². The molecule has 1 aromatic rings. The van der Waals surface area contributed by atoms with Gasteiger partial charge in [-0.3, -0.25) is 14.5 Å². The smallest absolute Gasteiger partial charge is 0.227 e. The van der Waals surface area contributed by atoms with Crippen LogP contribution in [-0.2, 0) is 4.79 Å². The summed E-state index contributed by atoms with van der Waals surface area (Å²) in [5.74, 6) is 0.172. The molecule has 0 aromatic heterocycles. The van der Waals surface area contributed by atoms with Gasteiger partial charge in [-0.25, -0.2) is 0 Å². The summed E-state index contributed by atoms with van der Waals surface area (Å²) in [6.07, 6.45) is 2.81. The van der Waals surface area contributed by atoms with E-state index in [1.54, 1.807) is 18.8 Å². The molecule has 2 rings (SSSR count). The highest BCUT2D eigenvalue weighted by Crippen LogP contribution is 2.30. The number of hydrogen-bond acceptors (Lipinski definition) is 4. The van der Waals surface area contributed by atoms with E-state index in [0.717, 1.165) is 23.4 Å². The molecule has 0 spiro atoms. The van der Waals surface area contributed by atoms with Crippen LogP contribution in [0, 0.1) is 5.41 Å². The van der Waals surface area contributed by atoms with Crippen LogP contribution < -0.4 is 5.32 Å². The topological polar surface area (TPSA) is 49.4 Å². The van der Waals surface area contributed by atoms with Crippen LogP contribution in [0.3, 0.4) is 0 Å². The molecule has 0 aliphatic carbocycles. The van der Waals surface area contributed by atoms with Gasteiger partial charge in [-0.05, 0) is 38.3 Å². The van der Waals surface area contributed by atoms with Crippen LogP contribution in [0.25, 0.3) is 0 Å². The molecular weight excluding hydrogens is 284 g/mol. The fraction of sp³-hybridized carbons (Fsp3) is 0.500. The van der Waals surface area contributed by atoms with Crippen LogP contribution in [0.1, 0.15) is 23.7 Å². The first-order chi connectivity index (χ1) is 9.98. The van der Waals surface area contributed by atoms with Gasteiger partial charge in [0.15, 0.2) is 5.78 Å². The Morgan fingerprint density at radius 3 is 2.57 bits per heavy atom. The van der Waals surface area contributed by atoms with Crippen LogP contribution in [0.15, 0.2) is 29.2 Å². The lowest BCUT2D eigenvalue weighted by atomic mass is 9.89. The second-order valence-corrected chi connectivity index (χ2v) is 6.63. The average Bonchev–Trinajstić information content (AvgIpc) is 2.88. The second kappa shape index (κ2) is 6.62. The van der Waals surface area contributed by atoms with Crippen LogP contribution in [0.2, 0.25) is 0 Å². The van der Waals surface area contributed by atoms with Crippen molar-refractivity contribution in [2.24, 2.45) is 5.41 Å². The zero-order valence-corrected chi connectivity index (χ0v) is 13.6. The molecule has 114 valence electrons. The zero-order valence-electron chi connectivity index (χ0n) is 12.8. The summed E-state index contributed by atoms with van der Waals surface area (Å²) in [5, 5.41) is 2.71. The Labute approximate surface area is 130 Å². The van der Waals surface area contributed by atoms with Crippen LogP contribution in [0.4, 0.5) is 0 Å². The Kier molecular flexibility index (Phi) is 5.06. The zero-order chi connectivity index (χ0) is 15.5. The van der Waals surface area contributed by atoms with E-state index in [0.29, 0.717) is 13.1 Å². The average molecular weight is 306 g/mol. The Bertz CT molecular complexity index is 530. The molecule has 1 N–H and O–H groups in total. The number of carbonyl (C=O) groups excluding carboxylic acids is 2. The van der Waals surface area contributed by atoms with Crippen LogP contribution in [0.5, 0.6) is 0 Å². The molecule has 0 saturated carbocycles. The van der Waals surface area contributed by atoms with E-state index in [1.807, 2.05) is 37.4 Å². The number of carbonyl (C=O) groups is 2. The van der Waals surface area contributed by atoms with Crippen molar-refractivity contribution in [2.75, 3.05) is 32.9 Å². The van der Waals surface area contributed by atoms with Gasteiger partial charge in [0.2, 0.25) is 5.91 Å². The molecule has 21 heavy (non-hydrogen) atoms. The lowest BCUT2D eigenvalue weighted by molar-refractivity contribution is -0.129. The van der Waals surface area contributed by atoms with Gasteiger partial charge in [0.25, 0.3) is 0 Å². The van der Waals surface area contributed by atoms with Gasteiger partial charge in [0, 0.05) is 24.1 Å².